The summed E-state index contributed by atoms with van der Waals surface area (Å²) in [7, 11) is 0. The summed E-state index contributed by atoms with van der Waals surface area (Å²) in [5, 5.41) is 20.6. The van der Waals surface area contributed by atoms with E-state index < -0.39 is 12.0 Å². The van der Waals surface area contributed by atoms with Crippen molar-refractivity contribution in [3.63, 3.8) is 0 Å². The lowest BCUT2D eigenvalue weighted by Gasteiger charge is -2.16. The fraction of sp³-hybridized carbons (Fsp3) is 0.800. The van der Waals surface area contributed by atoms with Crippen molar-refractivity contribution in [3.05, 3.63) is 0 Å². The summed E-state index contributed by atoms with van der Waals surface area (Å²) < 4.78 is 0. The van der Waals surface area contributed by atoms with Gasteiger partial charge in [-0.2, -0.15) is 11.8 Å². The quantitative estimate of drug-likeness (QED) is 0.276. The van der Waals surface area contributed by atoms with Gasteiger partial charge in [0.15, 0.2) is 0 Å². The Bertz CT molecular complexity index is 474. The Kier molecular flexibility index (Phi) is 7.16. The maximum absolute atomic E-state index is 11.7. The summed E-state index contributed by atoms with van der Waals surface area (Å²) in [6.07, 6.45) is 2.17. The molecule has 2 fully saturated rings. The number of amides is 4. The van der Waals surface area contributed by atoms with Crippen molar-refractivity contribution < 1.29 is 19.5 Å². The molecule has 0 aromatic carbocycles. The molecule has 2 rings (SSSR count). The molecule has 2 aliphatic heterocycles. The highest BCUT2D eigenvalue weighted by atomic mass is 32.2. The van der Waals surface area contributed by atoms with Crippen LogP contribution in [0.15, 0.2) is 0 Å². The molecule has 136 valence electrons. The predicted octanol–water partition coefficient (Wildman–Crippen LogP) is -0.675. The van der Waals surface area contributed by atoms with Crippen LogP contribution in [0.4, 0.5) is 4.79 Å². The zero-order valence-electron chi connectivity index (χ0n) is 13.8. The van der Waals surface area contributed by atoms with Crippen molar-refractivity contribution >= 4 is 29.6 Å². The van der Waals surface area contributed by atoms with Crippen LogP contribution in [0.3, 0.4) is 0 Å². The van der Waals surface area contributed by atoms with E-state index in [0.29, 0.717) is 24.8 Å². The van der Waals surface area contributed by atoms with E-state index >= 15 is 0 Å². The zero-order chi connectivity index (χ0) is 17.5. The van der Waals surface area contributed by atoms with Crippen LogP contribution in [0.5, 0.6) is 0 Å². The van der Waals surface area contributed by atoms with E-state index in [-0.39, 0.29) is 24.0 Å². The molecule has 0 aromatic rings. The smallest absolute Gasteiger partial charge is 0.315 e. The maximum atomic E-state index is 11.7. The molecular weight excluding hydrogens is 332 g/mol. The molecule has 2 saturated heterocycles. The van der Waals surface area contributed by atoms with Gasteiger partial charge in [-0.05, 0) is 19.8 Å². The molecule has 8 nitrogen and oxygen atoms in total. The second-order valence-corrected chi connectivity index (χ2v) is 7.46. The molecule has 1 unspecified atom stereocenters. The second kappa shape index (κ2) is 9.12. The number of aliphatic hydroxyl groups excluding tert-OH is 1. The highest BCUT2D eigenvalue weighted by Gasteiger charge is 2.42. The summed E-state index contributed by atoms with van der Waals surface area (Å²) in [6.45, 7) is 2.06. The van der Waals surface area contributed by atoms with Gasteiger partial charge in [-0.3, -0.25) is 9.59 Å². The Hall–Kier alpha value is -1.48. The molecule has 0 aromatic heterocycles. The van der Waals surface area contributed by atoms with E-state index in [0.717, 1.165) is 25.0 Å². The average molecular weight is 358 g/mol. The van der Waals surface area contributed by atoms with E-state index in [4.69, 9.17) is 5.11 Å². The number of hydrogen-bond acceptors (Lipinski definition) is 5. The molecule has 0 bridgehead atoms. The van der Waals surface area contributed by atoms with Crippen LogP contribution in [0.1, 0.15) is 32.6 Å². The highest BCUT2D eigenvalue weighted by Crippen LogP contribution is 2.33. The van der Waals surface area contributed by atoms with Gasteiger partial charge in [0.2, 0.25) is 11.8 Å². The summed E-state index contributed by atoms with van der Waals surface area (Å²) in [6, 6.07) is 0.388. The molecule has 4 amide bonds. The summed E-state index contributed by atoms with van der Waals surface area (Å²) >= 11 is 1.88. The average Bonchev–Trinajstić information content (AvgIpc) is 3.07. The Morgan fingerprint density at radius 3 is 2.79 bits per heavy atom. The first kappa shape index (κ1) is 18.9. The number of nitrogens with one attached hydrogen (secondary N) is 4. The molecule has 0 radical (unpaired) electrons. The van der Waals surface area contributed by atoms with Crippen LogP contribution in [0.2, 0.25) is 0 Å². The van der Waals surface area contributed by atoms with Gasteiger partial charge in [0, 0.05) is 30.5 Å². The molecule has 4 atom stereocenters. The maximum Gasteiger partial charge on any atom is 0.315 e. The summed E-state index contributed by atoms with van der Waals surface area (Å²) in [5.74, 6) is 0.478. The minimum absolute atomic E-state index is 0.0333. The van der Waals surface area contributed by atoms with E-state index in [1.54, 1.807) is 0 Å². The third kappa shape index (κ3) is 5.55. The van der Waals surface area contributed by atoms with Crippen LogP contribution in [0.25, 0.3) is 0 Å². The van der Waals surface area contributed by atoms with Crippen LogP contribution in [-0.2, 0) is 9.59 Å². The van der Waals surface area contributed by atoms with Crippen molar-refractivity contribution in [2.24, 2.45) is 0 Å². The normalized spacial score (nSPS) is 26.2. The lowest BCUT2D eigenvalue weighted by molar-refractivity contribution is -0.128. The van der Waals surface area contributed by atoms with Gasteiger partial charge in [-0.1, -0.05) is 6.42 Å². The fourth-order valence-corrected chi connectivity index (χ4v) is 4.44. The number of unbranched alkanes of at least 4 members (excludes halogenated alkanes) is 1. The van der Waals surface area contributed by atoms with Crippen LogP contribution in [0, 0.1) is 0 Å². The molecule has 9 heteroatoms. The van der Waals surface area contributed by atoms with Gasteiger partial charge in [0.1, 0.15) is 6.10 Å². The number of rotatable bonds is 9. The first-order chi connectivity index (χ1) is 11.5. The van der Waals surface area contributed by atoms with Gasteiger partial charge in [0.05, 0.1) is 12.1 Å². The topological polar surface area (TPSA) is 120 Å². The van der Waals surface area contributed by atoms with Crippen molar-refractivity contribution in [2.75, 3.05) is 18.8 Å². The Morgan fingerprint density at radius 2 is 2.04 bits per heavy atom. The standard InChI is InChI=1S/C15H26N4O4S/c1-9(20)14(22)17-7-6-16-12(21)5-3-2-4-11-13-10(8-24-11)18-15(23)19-13/h9-11,13,20H,2-8H2,1H3,(H,16,21)(H,17,22)(H2,18,19,23)/t9?,10-,11-,13-/m0/s1. The van der Waals surface area contributed by atoms with E-state index in [1.807, 2.05) is 11.8 Å². The largest absolute Gasteiger partial charge is 0.384 e. The van der Waals surface area contributed by atoms with Gasteiger partial charge in [0.25, 0.3) is 0 Å². The van der Waals surface area contributed by atoms with Crippen molar-refractivity contribution in [1.82, 2.24) is 21.3 Å². The summed E-state index contributed by atoms with van der Waals surface area (Å²) in [5.41, 5.74) is 0. The molecule has 24 heavy (non-hydrogen) atoms. The molecular formula is C15H26N4O4S. The highest BCUT2D eigenvalue weighted by molar-refractivity contribution is 8.00. The van der Waals surface area contributed by atoms with Gasteiger partial charge in [-0.15, -0.1) is 0 Å². The number of fused-ring (bicyclic) bond motifs is 1. The van der Waals surface area contributed by atoms with E-state index in [2.05, 4.69) is 21.3 Å². The number of carbonyl (C=O) groups is 3. The number of aliphatic hydroxyl groups is 1. The van der Waals surface area contributed by atoms with Crippen LogP contribution >= 0.6 is 11.8 Å². The first-order valence-corrected chi connectivity index (χ1v) is 9.43. The summed E-state index contributed by atoms with van der Waals surface area (Å²) in [4.78, 5) is 34.1. The number of urea groups is 1. The van der Waals surface area contributed by atoms with Crippen LogP contribution < -0.4 is 21.3 Å². The number of carbonyl (C=O) groups excluding carboxylic acids is 3. The predicted molar refractivity (Wildman–Crippen MR) is 91.7 cm³/mol. The number of hydrogen-bond donors (Lipinski definition) is 5. The van der Waals surface area contributed by atoms with Crippen molar-refractivity contribution in [3.8, 4) is 0 Å². The third-order valence-electron chi connectivity index (χ3n) is 4.21. The van der Waals surface area contributed by atoms with E-state index in [9.17, 15) is 14.4 Å². The molecule has 2 aliphatic rings. The van der Waals surface area contributed by atoms with Crippen molar-refractivity contribution in [1.29, 1.82) is 0 Å². The van der Waals surface area contributed by atoms with Gasteiger partial charge in [-0.25, -0.2) is 4.79 Å². The SMILES string of the molecule is CC(O)C(=O)NCCNC(=O)CCCC[C@@H]1SC[C@@H]2NC(=O)N[C@@H]21. The Morgan fingerprint density at radius 1 is 1.29 bits per heavy atom. The molecule has 0 aliphatic carbocycles. The molecule has 0 spiro atoms. The third-order valence-corrected chi connectivity index (χ3v) is 5.72. The zero-order valence-corrected chi connectivity index (χ0v) is 14.7. The van der Waals surface area contributed by atoms with Crippen molar-refractivity contribution in [2.45, 2.75) is 56.0 Å². The van der Waals surface area contributed by atoms with E-state index in [1.165, 1.54) is 6.92 Å². The first-order valence-electron chi connectivity index (χ1n) is 8.38. The lowest BCUT2D eigenvalue weighted by atomic mass is 10.0. The Labute approximate surface area is 145 Å². The molecule has 2 heterocycles. The lowest BCUT2D eigenvalue weighted by Crippen LogP contribution is -2.38. The van der Waals surface area contributed by atoms with Crippen LogP contribution in [-0.4, -0.2) is 65.2 Å². The second-order valence-electron chi connectivity index (χ2n) is 6.18. The van der Waals surface area contributed by atoms with Gasteiger partial charge < -0.3 is 26.4 Å². The monoisotopic (exact) mass is 358 g/mol. The van der Waals surface area contributed by atoms with Gasteiger partial charge >= 0.3 is 6.03 Å². The fourth-order valence-electron chi connectivity index (χ4n) is 2.90. The molecule has 5 N–H and O–H groups in total. The minimum Gasteiger partial charge on any atom is -0.384 e. The number of thioether (sulfide) groups is 1. The minimum atomic E-state index is -1.03. The Balaban J connectivity index is 1.49. The molecule has 0 saturated carbocycles.